The van der Waals surface area contributed by atoms with Crippen LogP contribution in [0.25, 0.3) is 0 Å². The Kier molecular flexibility index (Phi) is 2.88. The van der Waals surface area contributed by atoms with E-state index in [4.69, 9.17) is 0 Å². The van der Waals surface area contributed by atoms with Gasteiger partial charge in [0.05, 0.1) is 12.1 Å². The lowest BCUT2D eigenvalue weighted by Gasteiger charge is -2.65. The fourth-order valence-corrected chi connectivity index (χ4v) is 5.42. The van der Waals surface area contributed by atoms with Crippen molar-refractivity contribution in [2.45, 2.75) is 74.6 Å². The van der Waals surface area contributed by atoms with Crippen molar-refractivity contribution < 1.29 is 27.9 Å². The fourth-order valence-electron chi connectivity index (χ4n) is 5.42. The molecule has 4 aliphatic carbocycles. The first-order valence-electron chi connectivity index (χ1n) is 8.21. The molecule has 0 radical (unpaired) electrons. The highest BCUT2D eigenvalue weighted by Crippen LogP contribution is 2.71. The highest BCUT2D eigenvalue weighted by Gasteiger charge is 2.70. The second-order valence-corrected chi connectivity index (χ2v) is 8.15. The molecule has 0 unspecified atom stereocenters. The number of carbonyl (C=O) groups excluding carboxylic acids is 2. The summed E-state index contributed by atoms with van der Waals surface area (Å²) in [4.78, 5) is 25.7. The summed E-state index contributed by atoms with van der Waals surface area (Å²) < 4.78 is 41.5. The Labute approximate surface area is 132 Å². The molecule has 7 heteroatoms. The van der Waals surface area contributed by atoms with E-state index in [1.54, 1.807) is 0 Å². The van der Waals surface area contributed by atoms with Crippen LogP contribution in [0.15, 0.2) is 0 Å². The molecule has 5 rings (SSSR count). The molecule has 5 fully saturated rings. The van der Waals surface area contributed by atoms with Gasteiger partial charge in [-0.05, 0) is 37.5 Å². The molecule has 1 amide bonds. The number of halogens is 3. The van der Waals surface area contributed by atoms with Crippen LogP contribution in [0.4, 0.5) is 13.2 Å². The van der Waals surface area contributed by atoms with Crippen LogP contribution in [-0.4, -0.2) is 51.5 Å². The summed E-state index contributed by atoms with van der Waals surface area (Å²) in [6, 6.07) is 0. The molecule has 1 atom stereocenters. The SMILES string of the molecule is O=C(CC12CC(F)(C1)C2)C(=O)N1CC(F)(F)[C@@H](O)C12CCCC2. The number of likely N-dealkylation sites (tertiary alicyclic amines) is 1. The van der Waals surface area contributed by atoms with Crippen molar-refractivity contribution in [3.05, 3.63) is 0 Å². The van der Waals surface area contributed by atoms with Crippen molar-refractivity contribution in [3.63, 3.8) is 0 Å². The maximum Gasteiger partial charge on any atom is 0.292 e. The van der Waals surface area contributed by atoms with Gasteiger partial charge in [-0.15, -0.1) is 0 Å². The highest BCUT2D eigenvalue weighted by molar-refractivity contribution is 6.36. The number of aliphatic hydroxyl groups is 1. The Hall–Kier alpha value is -1.11. The third-order valence-corrected chi connectivity index (χ3v) is 6.38. The van der Waals surface area contributed by atoms with Gasteiger partial charge in [-0.1, -0.05) is 12.8 Å². The van der Waals surface area contributed by atoms with E-state index in [-0.39, 0.29) is 6.42 Å². The summed E-state index contributed by atoms with van der Waals surface area (Å²) in [5.74, 6) is -5.04. The molecule has 1 heterocycles. The van der Waals surface area contributed by atoms with Crippen LogP contribution in [0.1, 0.15) is 51.4 Å². The molecular formula is C16H20F3NO3. The lowest BCUT2D eigenvalue weighted by atomic mass is 9.41. The standard InChI is InChI=1S/C16H20F3NO3/c17-14-6-13(7-14,8-14)5-10(21)11(22)20-9-16(18,19)12(23)15(20)3-1-2-4-15/h12,23H,1-9H2/t12-,13?,14?/m0/s1. The number of hydrogen-bond acceptors (Lipinski definition) is 3. The maximum absolute atomic E-state index is 14.0. The smallest absolute Gasteiger partial charge is 0.292 e. The average molecular weight is 331 g/mol. The fraction of sp³-hybridized carbons (Fsp3) is 0.875. The van der Waals surface area contributed by atoms with Crippen molar-refractivity contribution in [3.8, 4) is 0 Å². The first kappa shape index (κ1) is 15.4. The number of carbonyl (C=O) groups is 2. The molecule has 0 aromatic rings. The lowest BCUT2D eigenvalue weighted by Crippen LogP contribution is -2.65. The largest absolute Gasteiger partial charge is 0.384 e. The van der Waals surface area contributed by atoms with Crippen LogP contribution >= 0.6 is 0 Å². The van der Waals surface area contributed by atoms with E-state index in [9.17, 15) is 27.9 Å². The van der Waals surface area contributed by atoms with Crippen molar-refractivity contribution in [1.29, 1.82) is 0 Å². The predicted octanol–water partition coefficient (Wildman–Crippen LogP) is 1.99. The molecule has 0 aromatic heterocycles. The van der Waals surface area contributed by atoms with Gasteiger partial charge in [0.15, 0.2) is 0 Å². The minimum atomic E-state index is -3.39. The first-order chi connectivity index (χ1) is 10.6. The van der Waals surface area contributed by atoms with Gasteiger partial charge in [0.25, 0.3) is 11.8 Å². The monoisotopic (exact) mass is 331 g/mol. The minimum absolute atomic E-state index is 0.0637. The average Bonchev–Trinajstić information content (AvgIpc) is 2.96. The number of amides is 1. The summed E-state index contributed by atoms with van der Waals surface area (Å²) in [6.45, 7) is -0.904. The van der Waals surface area contributed by atoms with Gasteiger partial charge in [0.1, 0.15) is 11.8 Å². The zero-order valence-electron chi connectivity index (χ0n) is 12.8. The molecule has 1 N–H and O–H groups in total. The zero-order valence-corrected chi connectivity index (χ0v) is 12.8. The number of hydrogen-bond donors (Lipinski definition) is 1. The normalized spacial score (nSPS) is 42.4. The number of ketones is 1. The van der Waals surface area contributed by atoms with Gasteiger partial charge in [-0.2, -0.15) is 0 Å². The Morgan fingerprint density at radius 1 is 1.09 bits per heavy atom. The molecule has 1 spiro atoms. The van der Waals surface area contributed by atoms with Crippen LogP contribution in [0, 0.1) is 5.41 Å². The number of alkyl halides is 3. The van der Waals surface area contributed by atoms with E-state index in [0.29, 0.717) is 44.9 Å². The molecule has 4 saturated carbocycles. The highest BCUT2D eigenvalue weighted by atomic mass is 19.3. The zero-order chi connectivity index (χ0) is 16.7. The Morgan fingerprint density at radius 3 is 2.17 bits per heavy atom. The maximum atomic E-state index is 14.0. The van der Waals surface area contributed by atoms with Crippen molar-refractivity contribution in [2.75, 3.05) is 6.54 Å². The topological polar surface area (TPSA) is 57.6 Å². The molecule has 4 nitrogen and oxygen atoms in total. The molecule has 128 valence electrons. The van der Waals surface area contributed by atoms with Crippen LogP contribution < -0.4 is 0 Å². The van der Waals surface area contributed by atoms with Gasteiger partial charge in [0, 0.05) is 6.42 Å². The Bertz CT molecular complexity index is 565. The number of aliphatic hydroxyl groups excluding tert-OH is 1. The summed E-state index contributed by atoms with van der Waals surface area (Å²) >= 11 is 0. The lowest BCUT2D eigenvalue weighted by molar-refractivity contribution is -0.216. The van der Waals surface area contributed by atoms with Crippen molar-refractivity contribution in [1.82, 2.24) is 4.90 Å². The molecule has 1 aliphatic heterocycles. The van der Waals surface area contributed by atoms with E-state index in [0.717, 1.165) is 4.90 Å². The van der Waals surface area contributed by atoms with Gasteiger partial charge in [-0.3, -0.25) is 9.59 Å². The second-order valence-electron chi connectivity index (χ2n) is 8.15. The van der Waals surface area contributed by atoms with Gasteiger partial charge < -0.3 is 10.0 Å². The van der Waals surface area contributed by atoms with E-state index in [1.165, 1.54) is 0 Å². The van der Waals surface area contributed by atoms with Crippen LogP contribution in [-0.2, 0) is 9.59 Å². The molecule has 1 saturated heterocycles. The van der Waals surface area contributed by atoms with Crippen molar-refractivity contribution in [2.24, 2.45) is 5.41 Å². The molecular weight excluding hydrogens is 311 g/mol. The van der Waals surface area contributed by atoms with Gasteiger partial charge >= 0.3 is 0 Å². The van der Waals surface area contributed by atoms with E-state index in [1.807, 2.05) is 0 Å². The molecule has 2 bridgehead atoms. The molecule has 0 aromatic carbocycles. The number of nitrogens with zero attached hydrogens (tertiary/aromatic N) is 1. The van der Waals surface area contributed by atoms with Crippen molar-refractivity contribution >= 4 is 11.7 Å². The molecule has 23 heavy (non-hydrogen) atoms. The summed E-state index contributed by atoms with van der Waals surface area (Å²) in [7, 11) is 0. The van der Waals surface area contributed by atoms with E-state index < -0.39 is 46.9 Å². The Morgan fingerprint density at radius 2 is 1.65 bits per heavy atom. The second kappa shape index (κ2) is 4.29. The quantitative estimate of drug-likeness (QED) is 0.805. The van der Waals surface area contributed by atoms with E-state index in [2.05, 4.69) is 0 Å². The summed E-state index contributed by atoms with van der Waals surface area (Å²) in [6.07, 6.45) is 0.793. The minimum Gasteiger partial charge on any atom is -0.384 e. The van der Waals surface area contributed by atoms with E-state index >= 15 is 0 Å². The predicted molar refractivity (Wildman–Crippen MR) is 73.6 cm³/mol. The summed E-state index contributed by atoms with van der Waals surface area (Å²) in [5, 5.41) is 10.0. The van der Waals surface area contributed by atoms with Crippen LogP contribution in [0.2, 0.25) is 0 Å². The number of Topliss-reactive ketones (excluding diaryl/α,β-unsaturated/α-hetero) is 1. The number of rotatable bonds is 3. The molecule has 5 aliphatic rings. The third-order valence-electron chi connectivity index (χ3n) is 6.38. The van der Waals surface area contributed by atoms with Crippen LogP contribution in [0.3, 0.4) is 0 Å². The Balaban J connectivity index is 1.52. The first-order valence-corrected chi connectivity index (χ1v) is 8.21. The van der Waals surface area contributed by atoms with Crippen LogP contribution in [0.5, 0.6) is 0 Å². The van der Waals surface area contributed by atoms with Gasteiger partial charge in [0.2, 0.25) is 5.78 Å². The van der Waals surface area contributed by atoms with Gasteiger partial charge in [-0.25, -0.2) is 13.2 Å². The summed E-state index contributed by atoms with van der Waals surface area (Å²) in [5.41, 5.74) is -2.89. The third kappa shape index (κ3) is 1.95.